The Balaban J connectivity index is 2.16. The van der Waals surface area contributed by atoms with Crippen molar-refractivity contribution in [1.29, 1.82) is 0 Å². The Bertz CT molecular complexity index is 516. The van der Waals surface area contributed by atoms with Crippen molar-refractivity contribution in [2.75, 3.05) is 5.32 Å². The second-order valence-electron chi connectivity index (χ2n) is 4.64. The van der Waals surface area contributed by atoms with Gasteiger partial charge < -0.3 is 10.4 Å². The van der Waals surface area contributed by atoms with Crippen LogP contribution in [0.4, 0.5) is 15.8 Å². The van der Waals surface area contributed by atoms with Gasteiger partial charge in [0.05, 0.1) is 17.4 Å². The number of nitrogens with zero attached hydrogens (tertiary/aromatic N) is 1. The predicted octanol–water partition coefficient (Wildman–Crippen LogP) is 2.40. The van der Waals surface area contributed by atoms with Gasteiger partial charge in [-0.05, 0) is 24.8 Å². The number of hydrogen-bond acceptors (Lipinski definition) is 4. The molecule has 1 aliphatic carbocycles. The van der Waals surface area contributed by atoms with Gasteiger partial charge in [0.25, 0.3) is 5.69 Å². The van der Waals surface area contributed by atoms with E-state index in [1.165, 1.54) is 6.07 Å². The number of non-ortho nitro benzene ring substituents is 1. The number of hydrogen-bond donors (Lipinski definition) is 2. The Morgan fingerprint density at radius 2 is 2.21 bits per heavy atom. The number of anilines is 1. The normalized spacial score (nSPS) is 15.8. The van der Waals surface area contributed by atoms with Gasteiger partial charge in [-0.15, -0.1) is 0 Å². The standard InChI is InChI=1S/C12H13FN2O4/c13-8-3-9(5-10(4-8)15(18)19)14-11(6-12(16)17)7-1-2-7/h3-5,7,11,14H,1-2,6H2,(H,16,17). The Morgan fingerprint density at radius 3 is 2.74 bits per heavy atom. The van der Waals surface area contributed by atoms with Crippen molar-refractivity contribution < 1.29 is 19.2 Å². The van der Waals surface area contributed by atoms with E-state index in [2.05, 4.69) is 5.32 Å². The molecule has 0 bridgehead atoms. The quantitative estimate of drug-likeness (QED) is 0.610. The third kappa shape index (κ3) is 3.64. The summed E-state index contributed by atoms with van der Waals surface area (Å²) in [6, 6.07) is 2.85. The molecule has 6 nitrogen and oxygen atoms in total. The Hall–Kier alpha value is -2.18. The highest BCUT2D eigenvalue weighted by Gasteiger charge is 2.32. The van der Waals surface area contributed by atoms with Gasteiger partial charge >= 0.3 is 5.97 Å². The van der Waals surface area contributed by atoms with Gasteiger partial charge in [0, 0.05) is 17.8 Å². The van der Waals surface area contributed by atoms with Crippen LogP contribution in [0.5, 0.6) is 0 Å². The SMILES string of the molecule is O=C(O)CC(Nc1cc(F)cc([N+](=O)[O-])c1)C1CC1. The van der Waals surface area contributed by atoms with Crippen molar-refractivity contribution in [3.05, 3.63) is 34.1 Å². The highest BCUT2D eigenvalue weighted by Crippen LogP contribution is 2.36. The second kappa shape index (κ2) is 5.21. The van der Waals surface area contributed by atoms with Crippen molar-refractivity contribution in [3.8, 4) is 0 Å². The summed E-state index contributed by atoms with van der Waals surface area (Å²) < 4.78 is 13.3. The average Bonchev–Trinajstić information content (AvgIpc) is 3.10. The second-order valence-corrected chi connectivity index (χ2v) is 4.64. The van der Waals surface area contributed by atoms with Crippen LogP contribution in [0.3, 0.4) is 0 Å². The number of carboxylic acid groups (broad SMARTS) is 1. The molecule has 0 heterocycles. The van der Waals surface area contributed by atoms with Gasteiger partial charge in [-0.2, -0.15) is 0 Å². The number of benzene rings is 1. The van der Waals surface area contributed by atoms with Crippen LogP contribution in [0.25, 0.3) is 0 Å². The molecule has 0 radical (unpaired) electrons. The van der Waals surface area contributed by atoms with Crippen LogP contribution in [0.15, 0.2) is 18.2 Å². The van der Waals surface area contributed by atoms with Gasteiger partial charge in [-0.25, -0.2) is 4.39 Å². The highest BCUT2D eigenvalue weighted by molar-refractivity contribution is 5.68. The number of carbonyl (C=O) groups is 1. The molecule has 0 amide bonds. The highest BCUT2D eigenvalue weighted by atomic mass is 19.1. The average molecular weight is 268 g/mol. The number of rotatable bonds is 6. The molecule has 2 N–H and O–H groups in total. The summed E-state index contributed by atoms with van der Waals surface area (Å²) in [6.07, 6.45) is 1.75. The van der Waals surface area contributed by atoms with E-state index in [4.69, 9.17) is 5.11 Å². The van der Waals surface area contributed by atoms with Crippen LogP contribution in [0.2, 0.25) is 0 Å². The minimum atomic E-state index is -0.949. The van der Waals surface area contributed by atoms with Crippen LogP contribution in [-0.4, -0.2) is 22.0 Å². The number of nitro groups is 1. The molecule has 2 rings (SSSR count). The largest absolute Gasteiger partial charge is 0.481 e. The van der Waals surface area contributed by atoms with Crippen LogP contribution in [-0.2, 0) is 4.79 Å². The number of carboxylic acids is 1. The first-order valence-electron chi connectivity index (χ1n) is 5.89. The molecule has 1 atom stereocenters. The van der Waals surface area contributed by atoms with Crippen LogP contribution < -0.4 is 5.32 Å². The van der Waals surface area contributed by atoms with E-state index in [0.29, 0.717) is 0 Å². The van der Waals surface area contributed by atoms with Crippen molar-refractivity contribution in [3.63, 3.8) is 0 Å². The molecule has 0 saturated heterocycles. The molecular formula is C12H13FN2O4. The van der Waals surface area contributed by atoms with Gasteiger partial charge in [-0.3, -0.25) is 14.9 Å². The lowest BCUT2D eigenvalue weighted by Crippen LogP contribution is -2.25. The lowest BCUT2D eigenvalue weighted by atomic mass is 10.1. The zero-order valence-electron chi connectivity index (χ0n) is 10.0. The van der Waals surface area contributed by atoms with Crippen molar-refractivity contribution in [2.24, 2.45) is 5.92 Å². The fraction of sp³-hybridized carbons (Fsp3) is 0.417. The van der Waals surface area contributed by atoms with E-state index in [1.807, 2.05) is 0 Å². The Labute approximate surface area is 108 Å². The van der Waals surface area contributed by atoms with E-state index >= 15 is 0 Å². The summed E-state index contributed by atoms with van der Waals surface area (Å²) in [6.45, 7) is 0. The topological polar surface area (TPSA) is 92.5 Å². The molecule has 102 valence electrons. The van der Waals surface area contributed by atoms with E-state index in [9.17, 15) is 19.3 Å². The molecule has 1 aromatic carbocycles. The van der Waals surface area contributed by atoms with Crippen molar-refractivity contribution in [2.45, 2.75) is 25.3 Å². The summed E-state index contributed by atoms with van der Waals surface area (Å²) in [5, 5.41) is 22.3. The summed E-state index contributed by atoms with van der Waals surface area (Å²) in [5.74, 6) is -1.43. The van der Waals surface area contributed by atoms with Gasteiger partial charge in [0.2, 0.25) is 0 Å². The maximum atomic E-state index is 13.3. The maximum absolute atomic E-state index is 13.3. The molecule has 0 aromatic heterocycles. The predicted molar refractivity (Wildman–Crippen MR) is 65.4 cm³/mol. The molecule has 1 aliphatic rings. The van der Waals surface area contributed by atoms with Gasteiger partial charge in [0.15, 0.2) is 0 Å². The minimum absolute atomic E-state index is 0.0883. The zero-order chi connectivity index (χ0) is 14.0. The smallest absolute Gasteiger partial charge is 0.305 e. The fourth-order valence-electron chi connectivity index (χ4n) is 2.00. The fourth-order valence-corrected chi connectivity index (χ4v) is 2.00. The molecule has 0 aliphatic heterocycles. The maximum Gasteiger partial charge on any atom is 0.305 e. The van der Waals surface area contributed by atoms with Crippen LogP contribution in [0.1, 0.15) is 19.3 Å². The van der Waals surface area contributed by atoms with Crippen LogP contribution in [0, 0.1) is 21.8 Å². The summed E-state index contributed by atoms with van der Waals surface area (Å²) in [5.41, 5.74) is -0.114. The minimum Gasteiger partial charge on any atom is -0.481 e. The lowest BCUT2D eigenvalue weighted by Gasteiger charge is -2.17. The third-order valence-corrected chi connectivity index (χ3v) is 3.03. The third-order valence-electron chi connectivity index (χ3n) is 3.03. The molecule has 19 heavy (non-hydrogen) atoms. The summed E-state index contributed by atoms with van der Waals surface area (Å²) >= 11 is 0. The first-order chi connectivity index (χ1) is 8.95. The zero-order valence-corrected chi connectivity index (χ0v) is 10.0. The molecular weight excluding hydrogens is 255 g/mol. The molecule has 1 fully saturated rings. The first-order valence-corrected chi connectivity index (χ1v) is 5.89. The molecule has 1 saturated carbocycles. The first kappa shape index (κ1) is 13.3. The van der Waals surface area contributed by atoms with E-state index in [1.54, 1.807) is 0 Å². The number of nitro benzene ring substituents is 1. The van der Waals surface area contributed by atoms with Crippen molar-refractivity contribution in [1.82, 2.24) is 0 Å². The number of halogens is 1. The lowest BCUT2D eigenvalue weighted by molar-refractivity contribution is -0.385. The van der Waals surface area contributed by atoms with E-state index in [0.717, 1.165) is 25.0 Å². The summed E-state index contributed by atoms with van der Waals surface area (Å²) in [7, 11) is 0. The van der Waals surface area contributed by atoms with Gasteiger partial charge in [-0.1, -0.05) is 0 Å². The van der Waals surface area contributed by atoms with Crippen molar-refractivity contribution >= 4 is 17.3 Å². The Morgan fingerprint density at radius 1 is 1.53 bits per heavy atom. The Kier molecular flexibility index (Phi) is 3.64. The summed E-state index contributed by atoms with van der Waals surface area (Å²) in [4.78, 5) is 20.7. The van der Waals surface area contributed by atoms with Crippen LogP contribution >= 0.6 is 0 Å². The van der Waals surface area contributed by atoms with Gasteiger partial charge in [0.1, 0.15) is 5.82 Å². The van der Waals surface area contributed by atoms with E-state index < -0.39 is 16.7 Å². The number of nitrogens with one attached hydrogen (secondary N) is 1. The molecule has 0 spiro atoms. The molecule has 7 heteroatoms. The monoisotopic (exact) mass is 268 g/mol. The molecule has 1 unspecified atom stereocenters. The van der Waals surface area contributed by atoms with E-state index in [-0.39, 0.29) is 29.8 Å². The molecule has 1 aromatic rings. The number of aliphatic carboxylic acids is 1.